The molecule has 116 valence electrons. The van der Waals surface area contributed by atoms with Gasteiger partial charge in [0, 0.05) is 6.42 Å². The van der Waals surface area contributed by atoms with Crippen LogP contribution < -0.4 is 4.74 Å². The highest BCUT2D eigenvalue weighted by molar-refractivity contribution is 5.70. The number of carbonyl (C=O) groups is 1. The maximum absolute atomic E-state index is 12.7. The number of ether oxygens (including phenoxy) is 2. The summed E-state index contributed by atoms with van der Waals surface area (Å²) in [4.78, 5) is 10.8. The molecule has 1 aliphatic carbocycles. The third-order valence-corrected chi connectivity index (χ3v) is 3.75. The molecule has 0 bridgehead atoms. The molecule has 1 aromatic rings. The van der Waals surface area contributed by atoms with E-state index in [0.717, 1.165) is 19.3 Å². The van der Waals surface area contributed by atoms with Crippen molar-refractivity contribution in [3.05, 3.63) is 30.1 Å². The second-order valence-electron chi connectivity index (χ2n) is 5.34. The third kappa shape index (κ3) is 5.34. The highest BCUT2D eigenvalue weighted by Gasteiger charge is 2.25. The molecule has 0 atom stereocenters. The Kier molecular flexibility index (Phi) is 5.99. The van der Waals surface area contributed by atoms with Gasteiger partial charge < -0.3 is 14.6 Å². The predicted octanol–water partition coefficient (Wildman–Crippen LogP) is 3.25. The normalized spacial score (nSPS) is 22.0. The molecule has 0 heterocycles. The Hall–Kier alpha value is -1.62. The van der Waals surface area contributed by atoms with Crippen molar-refractivity contribution in [2.45, 2.75) is 38.2 Å². The molecule has 4 nitrogen and oxygen atoms in total. The lowest BCUT2D eigenvalue weighted by Gasteiger charge is -2.26. The molecule has 0 radical (unpaired) electrons. The molecule has 1 saturated carbocycles. The van der Waals surface area contributed by atoms with Gasteiger partial charge in [-0.15, -0.1) is 0 Å². The van der Waals surface area contributed by atoms with Crippen LogP contribution >= 0.6 is 0 Å². The lowest BCUT2D eigenvalue weighted by Crippen LogP contribution is -2.26. The van der Waals surface area contributed by atoms with Crippen LogP contribution in [0.1, 0.15) is 32.1 Å². The molecule has 0 aliphatic heterocycles. The van der Waals surface area contributed by atoms with Gasteiger partial charge >= 0.3 is 5.97 Å². The first-order valence-electron chi connectivity index (χ1n) is 7.38. The molecule has 1 aliphatic rings. The van der Waals surface area contributed by atoms with Crippen molar-refractivity contribution in [2.75, 3.05) is 13.2 Å². The van der Waals surface area contributed by atoms with Gasteiger partial charge in [0.05, 0.1) is 25.2 Å². The zero-order valence-electron chi connectivity index (χ0n) is 12.0. The Morgan fingerprint density at radius 2 is 1.81 bits per heavy atom. The predicted molar refractivity (Wildman–Crippen MR) is 75.8 cm³/mol. The summed E-state index contributed by atoms with van der Waals surface area (Å²) < 4.78 is 23.9. The van der Waals surface area contributed by atoms with Crippen LogP contribution in [-0.4, -0.2) is 30.4 Å². The zero-order chi connectivity index (χ0) is 15.1. The van der Waals surface area contributed by atoms with Crippen LogP contribution in [0, 0.1) is 11.7 Å². The highest BCUT2D eigenvalue weighted by atomic mass is 19.1. The first kappa shape index (κ1) is 15.8. The van der Waals surface area contributed by atoms with Gasteiger partial charge in [-0.05, 0) is 49.9 Å². The van der Waals surface area contributed by atoms with Gasteiger partial charge in [-0.1, -0.05) is 0 Å². The van der Waals surface area contributed by atoms with Crippen molar-refractivity contribution in [3.8, 4) is 5.75 Å². The largest absolute Gasteiger partial charge is 0.494 e. The van der Waals surface area contributed by atoms with Gasteiger partial charge in [0.15, 0.2) is 0 Å². The Morgan fingerprint density at radius 1 is 1.14 bits per heavy atom. The fraction of sp³-hybridized carbons (Fsp3) is 0.562. The van der Waals surface area contributed by atoms with Gasteiger partial charge in [-0.3, -0.25) is 4.79 Å². The third-order valence-electron chi connectivity index (χ3n) is 3.75. The van der Waals surface area contributed by atoms with Gasteiger partial charge in [-0.25, -0.2) is 4.39 Å². The second kappa shape index (κ2) is 7.98. The molecular weight excluding hydrogens is 275 g/mol. The van der Waals surface area contributed by atoms with Crippen LogP contribution in [-0.2, 0) is 9.53 Å². The quantitative estimate of drug-likeness (QED) is 0.785. The molecule has 1 N–H and O–H groups in total. The van der Waals surface area contributed by atoms with Crippen molar-refractivity contribution in [2.24, 2.45) is 5.92 Å². The van der Waals surface area contributed by atoms with Crippen molar-refractivity contribution in [1.29, 1.82) is 0 Å². The van der Waals surface area contributed by atoms with E-state index in [-0.39, 0.29) is 17.8 Å². The van der Waals surface area contributed by atoms with E-state index in [0.29, 0.717) is 31.8 Å². The molecule has 1 fully saturated rings. The number of rotatable bonds is 7. The van der Waals surface area contributed by atoms with Gasteiger partial charge in [0.1, 0.15) is 11.6 Å². The van der Waals surface area contributed by atoms with Crippen LogP contribution in [0.3, 0.4) is 0 Å². The fourth-order valence-corrected chi connectivity index (χ4v) is 2.51. The van der Waals surface area contributed by atoms with E-state index in [1.54, 1.807) is 12.1 Å². The summed E-state index contributed by atoms with van der Waals surface area (Å²) >= 11 is 0. The Balaban J connectivity index is 1.54. The highest BCUT2D eigenvalue weighted by Crippen LogP contribution is 2.26. The van der Waals surface area contributed by atoms with Crippen LogP contribution in [0.2, 0.25) is 0 Å². The summed E-state index contributed by atoms with van der Waals surface area (Å²) in [5.41, 5.74) is 0. The number of hydrogen-bond donors (Lipinski definition) is 1. The first-order chi connectivity index (χ1) is 10.1. The molecule has 0 spiro atoms. The number of hydrogen-bond acceptors (Lipinski definition) is 3. The van der Waals surface area contributed by atoms with Gasteiger partial charge in [-0.2, -0.15) is 0 Å². The van der Waals surface area contributed by atoms with E-state index < -0.39 is 5.97 Å². The summed E-state index contributed by atoms with van der Waals surface area (Å²) in [5.74, 6) is -0.520. The van der Waals surface area contributed by atoms with E-state index in [1.165, 1.54) is 12.1 Å². The maximum Gasteiger partial charge on any atom is 0.306 e. The SMILES string of the molecule is O=C(O)C1CCC(OCCCOc2ccc(F)cc2)CC1. The topological polar surface area (TPSA) is 55.8 Å². The lowest BCUT2D eigenvalue weighted by atomic mass is 9.87. The zero-order valence-corrected chi connectivity index (χ0v) is 12.0. The van der Waals surface area contributed by atoms with Crippen molar-refractivity contribution in [3.63, 3.8) is 0 Å². The van der Waals surface area contributed by atoms with Crippen LogP contribution in [0.4, 0.5) is 4.39 Å². The van der Waals surface area contributed by atoms with Crippen molar-refractivity contribution in [1.82, 2.24) is 0 Å². The van der Waals surface area contributed by atoms with Gasteiger partial charge in [0.25, 0.3) is 0 Å². The summed E-state index contributed by atoms with van der Waals surface area (Å²) in [6, 6.07) is 5.94. The van der Waals surface area contributed by atoms with E-state index in [4.69, 9.17) is 14.6 Å². The lowest BCUT2D eigenvalue weighted by molar-refractivity contribution is -0.143. The summed E-state index contributed by atoms with van der Waals surface area (Å²) in [6.07, 6.45) is 3.96. The standard InChI is InChI=1S/C16H21FO4/c17-13-4-8-15(9-5-13)21-11-1-10-20-14-6-2-12(3-7-14)16(18)19/h4-5,8-9,12,14H,1-3,6-7,10-11H2,(H,18,19). The number of benzene rings is 1. The minimum Gasteiger partial charge on any atom is -0.494 e. The van der Waals surface area contributed by atoms with E-state index in [2.05, 4.69) is 0 Å². The van der Waals surface area contributed by atoms with E-state index in [1.807, 2.05) is 0 Å². The summed E-state index contributed by atoms with van der Waals surface area (Å²) in [7, 11) is 0. The minimum atomic E-state index is -0.693. The maximum atomic E-state index is 12.7. The number of carboxylic acid groups (broad SMARTS) is 1. The fourth-order valence-electron chi connectivity index (χ4n) is 2.51. The monoisotopic (exact) mass is 296 g/mol. The Morgan fingerprint density at radius 3 is 2.43 bits per heavy atom. The van der Waals surface area contributed by atoms with Crippen LogP contribution in [0.5, 0.6) is 5.75 Å². The van der Waals surface area contributed by atoms with Crippen molar-refractivity contribution >= 4 is 5.97 Å². The summed E-state index contributed by atoms with van der Waals surface area (Å²) in [5, 5.41) is 8.92. The first-order valence-corrected chi connectivity index (χ1v) is 7.38. The van der Waals surface area contributed by atoms with E-state index in [9.17, 15) is 9.18 Å². The molecule has 0 unspecified atom stereocenters. The molecule has 21 heavy (non-hydrogen) atoms. The number of carboxylic acids is 1. The van der Waals surface area contributed by atoms with Crippen molar-refractivity contribution < 1.29 is 23.8 Å². The van der Waals surface area contributed by atoms with Crippen LogP contribution in [0.15, 0.2) is 24.3 Å². The molecular formula is C16H21FO4. The number of aliphatic carboxylic acids is 1. The molecule has 0 aromatic heterocycles. The smallest absolute Gasteiger partial charge is 0.306 e. The molecule has 5 heteroatoms. The Bertz CT molecular complexity index is 438. The molecule has 2 rings (SSSR count). The molecule has 0 amide bonds. The Labute approximate surface area is 123 Å². The summed E-state index contributed by atoms with van der Waals surface area (Å²) in [6.45, 7) is 1.12. The average Bonchev–Trinajstić information content (AvgIpc) is 2.49. The minimum absolute atomic E-state index is 0.173. The average molecular weight is 296 g/mol. The molecule has 1 aromatic carbocycles. The number of halogens is 1. The molecule has 0 saturated heterocycles. The second-order valence-corrected chi connectivity index (χ2v) is 5.34. The van der Waals surface area contributed by atoms with E-state index >= 15 is 0 Å². The van der Waals surface area contributed by atoms with Gasteiger partial charge in [0.2, 0.25) is 0 Å². The van der Waals surface area contributed by atoms with Crippen LogP contribution in [0.25, 0.3) is 0 Å².